The molecule has 42 heavy (non-hydrogen) atoms. The highest BCUT2D eigenvalue weighted by molar-refractivity contribution is 6.00. The van der Waals surface area contributed by atoms with E-state index in [1.807, 2.05) is 54.3 Å². The van der Waals surface area contributed by atoms with Crippen molar-refractivity contribution in [1.29, 1.82) is 0 Å². The highest BCUT2D eigenvalue weighted by Crippen LogP contribution is 2.39. The maximum absolute atomic E-state index is 12.6. The van der Waals surface area contributed by atoms with Crippen LogP contribution in [0.1, 0.15) is 40.6 Å². The summed E-state index contributed by atoms with van der Waals surface area (Å²) in [6, 6.07) is 15.4. The Bertz CT molecular complexity index is 1610. The third-order valence-corrected chi connectivity index (χ3v) is 7.60. The first-order valence-corrected chi connectivity index (χ1v) is 13.9. The van der Waals surface area contributed by atoms with Gasteiger partial charge in [0.1, 0.15) is 0 Å². The predicted octanol–water partition coefficient (Wildman–Crippen LogP) is 3.33. The number of hydrogen-bond donors (Lipinski definition) is 3. The van der Waals surface area contributed by atoms with Gasteiger partial charge < -0.3 is 20.7 Å². The molecule has 4 heterocycles. The molecule has 1 aliphatic heterocycles. The lowest BCUT2D eigenvalue weighted by Gasteiger charge is -2.39. The van der Waals surface area contributed by atoms with E-state index in [-0.39, 0.29) is 23.3 Å². The van der Waals surface area contributed by atoms with Crippen molar-refractivity contribution >= 4 is 29.0 Å². The second-order valence-electron chi connectivity index (χ2n) is 10.6. The highest BCUT2D eigenvalue weighted by Gasteiger charge is 2.32. The Balaban J connectivity index is 1.24. The van der Waals surface area contributed by atoms with E-state index in [2.05, 4.69) is 42.1 Å². The zero-order chi connectivity index (χ0) is 29.2. The number of likely N-dealkylation sites (tertiary alicyclic amines) is 1. The first-order valence-electron chi connectivity index (χ1n) is 13.9. The molecule has 1 aromatic carbocycles. The number of amides is 2. The van der Waals surface area contributed by atoms with E-state index in [1.54, 1.807) is 13.2 Å². The zero-order valence-corrected chi connectivity index (χ0v) is 23.8. The average molecular weight is 568 g/mol. The number of hydrogen-bond acceptors (Lipinski definition) is 9. The van der Waals surface area contributed by atoms with E-state index in [9.17, 15) is 9.59 Å². The number of carbonyl (C=O) groups is 2. The van der Waals surface area contributed by atoms with Crippen molar-refractivity contribution in [2.24, 2.45) is 13.0 Å². The summed E-state index contributed by atoms with van der Waals surface area (Å²) < 4.78 is 7.80. The third kappa shape index (κ3) is 5.66. The molecular weight excluding hydrogens is 534 g/mol. The molecule has 0 spiro atoms. The van der Waals surface area contributed by atoms with Gasteiger partial charge >= 0.3 is 0 Å². The monoisotopic (exact) mass is 567 g/mol. The molecule has 2 aliphatic rings. The molecule has 2 amide bonds. The summed E-state index contributed by atoms with van der Waals surface area (Å²) in [6.45, 7) is 2.70. The Morgan fingerprint density at radius 1 is 1.05 bits per heavy atom. The Hall–Kier alpha value is -4.84. The smallest absolute Gasteiger partial charge is 0.273 e. The van der Waals surface area contributed by atoms with Gasteiger partial charge in [-0.15, -0.1) is 10.2 Å². The van der Waals surface area contributed by atoms with E-state index in [4.69, 9.17) is 9.84 Å². The largest absolute Gasteiger partial charge is 0.494 e. The van der Waals surface area contributed by atoms with Crippen LogP contribution in [-0.2, 0) is 18.4 Å². The van der Waals surface area contributed by atoms with Gasteiger partial charge in [0.15, 0.2) is 17.3 Å². The number of benzene rings is 1. The normalized spacial score (nSPS) is 15.1. The first-order chi connectivity index (χ1) is 20.4. The maximum Gasteiger partial charge on any atom is 0.273 e. The number of aromatic nitrogens is 5. The first kappa shape index (κ1) is 27.3. The van der Waals surface area contributed by atoms with Crippen molar-refractivity contribution in [3.05, 3.63) is 71.8 Å². The molecule has 4 aromatic rings. The fourth-order valence-electron chi connectivity index (χ4n) is 5.21. The second-order valence-corrected chi connectivity index (χ2v) is 10.6. The number of nitrogens with zero attached hydrogens (tertiary/aromatic N) is 6. The van der Waals surface area contributed by atoms with E-state index in [1.165, 1.54) is 7.05 Å². The van der Waals surface area contributed by atoms with Crippen LogP contribution < -0.4 is 20.7 Å². The van der Waals surface area contributed by atoms with Crippen molar-refractivity contribution in [1.82, 2.24) is 35.2 Å². The van der Waals surface area contributed by atoms with Gasteiger partial charge in [-0.1, -0.05) is 12.1 Å². The molecule has 12 heteroatoms. The average Bonchev–Trinajstić information content (AvgIpc) is 3.77. The van der Waals surface area contributed by atoms with Crippen molar-refractivity contribution in [2.75, 3.05) is 37.9 Å². The number of para-hydroxylation sites is 1. The topological polar surface area (TPSA) is 139 Å². The van der Waals surface area contributed by atoms with E-state index in [0.717, 1.165) is 55.1 Å². The molecule has 0 unspecified atom stereocenters. The van der Waals surface area contributed by atoms with Crippen LogP contribution >= 0.6 is 0 Å². The van der Waals surface area contributed by atoms with Crippen molar-refractivity contribution in [3.63, 3.8) is 0 Å². The van der Waals surface area contributed by atoms with Crippen LogP contribution in [0.15, 0.2) is 54.7 Å². The van der Waals surface area contributed by atoms with E-state index >= 15 is 0 Å². The van der Waals surface area contributed by atoms with Crippen molar-refractivity contribution in [3.8, 4) is 17.0 Å². The summed E-state index contributed by atoms with van der Waals surface area (Å²) >= 11 is 0. The Kier molecular flexibility index (Phi) is 7.53. The molecule has 1 aliphatic carbocycles. The molecule has 0 radical (unpaired) electrons. The molecule has 0 bridgehead atoms. The van der Waals surface area contributed by atoms with Crippen LogP contribution in [0, 0.1) is 5.92 Å². The van der Waals surface area contributed by atoms with Gasteiger partial charge in [0, 0.05) is 69.1 Å². The molecular formula is C30H33N9O3. The number of anilines is 3. The predicted molar refractivity (Wildman–Crippen MR) is 158 cm³/mol. The lowest BCUT2D eigenvalue weighted by atomic mass is 9.95. The standard InChI is InChI=1S/C30H33N9O3/c1-31-30(41)27-24(14-26(35-36-27)34-29(40)18-10-11-18)33-22-9-6-8-21(28(22)42-3)23-13-25(38(2)37-23)19-15-39(16-19)17-20-7-4-5-12-32-20/h4-9,12-14,18-19H,10-11,15-17H2,1-3H3,(H,31,41)(H2,33,34,35,40). The Morgan fingerprint density at radius 2 is 1.88 bits per heavy atom. The summed E-state index contributed by atoms with van der Waals surface area (Å²) in [4.78, 5) is 31.7. The quantitative estimate of drug-likeness (QED) is 0.263. The summed E-state index contributed by atoms with van der Waals surface area (Å²) in [5.74, 6) is 0.701. The number of nitrogens with one attached hydrogen (secondary N) is 3. The van der Waals surface area contributed by atoms with Crippen LogP contribution in [0.4, 0.5) is 17.2 Å². The Labute approximate surface area is 243 Å². The van der Waals surface area contributed by atoms with Crippen LogP contribution in [0.5, 0.6) is 5.75 Å². The number of aryl methyl sites for hydroxylation is 1. The number of ether oxygens (including phenoxy) is 1. The van der Waals surface area contributed by atoms with Crippen LogP contribution in [0.2, 0.25) is 0 Å². The van der Waals surface area contributed by atoms with Gasteiger partial charge in [0.05, 0.1) is 29.9 Å². The molecule has 3 N–H and O–H groups in total. The summed E-state index contributed by atoms with van der Waals surface area (Å²) in [7, 11) is 5.09. The SMILES string of the molecule is CNC(=O)c1nnc(NC(=O)C2CC2)cc1Nc1cccc(-c2cc(C3CN(Cc4ccccn4)C3)n(C)n2)c1OC. The van der Waals surface area contributed by atoms with Crippen LogP contribution in [-0.4, -0.2) is 68.9 Å². The van der Waals surface area contributed by atoms with Gasteiger partial charge in [-0.2, -0.15) is 5.10 Å². The lowest BCUT2D eigenvalue weighted by molar-refractivity contribution is -0.117. The minimum Gasteiger partial charge on any atom is -0.494 e. The van der Waals surface area contributed by atoms with E-state index in [0.29, 0.717) is 23.0 Å². The number of pyridine rings is 1. The van der Waals surface area contributed by atoms with E-state index < -0.39 is 5.91 Å². The molecule has 1 saturated carbocycles. The van der Waals surface area contributed by atoms with Gasteiger partial charge in [-0.05, 0) is 43.2 Å². The molecule has 1 saturated heterocycles. The number of carbonyl (C=O) groups excluding carboxylic acids is 2. The molecule has 0 atom stereocenters. The number of methoxy groups -OCH3 is 1. The lowest BCUT2D eigenvalue weighted by Crippen LogP contribution is -2.45. The second kappa shape index (κ2) is 11.6. The van der Waals surface area contributed by atoms with Gasteiger partial charge in [0.2, 0.25) is 5.91 Å². The van der Waals surface area contributed by atoms with Gasteiger partial charge in [0.25, 0.3) is 5.91 Å². The zero-order valence-electron chi connectivity index (χ0n) is 23.8. The molecule has 6 rings (SSSR count). The van der Waals surface area contributed by atoms with Crippen molar-refractivity contribution < 1.29 is 14.3 Å². The fourth-order valence-corrected chi connectivity index (χ4v) is 5.21. The summed E-state index contributed by atoms with van der Waals surface area (Å²) in [6.07, 6.45) is 3.56. The van der Waals surface area contributed by atoms with Gasteiger partial charge in [-0.25, -0.2) is 0 Å². The third-order valence-electron chi connectivity index (χ3n) is 7.60. The minimum atomic E-state index is -0.410. The maximum atomic E-state index is 12.6. The molecule has 2 fully saturated rings. The minimum absolute atomic E-state index is 0.00532. The molecule has 12 nitrogen and oxygen atoms in total. The van der Waals surface area contributed by atoms with Crippen LogP contribution in [0.3, 0.4) is 0 Å². The van der Waals surface area contributed by atoms with Crippen LogP contribution in [0.25, 0.3) is 11.3 Å². The fraction of sp³-hybridized carbons (Fsp3) is 0.333. The Morgan fingerprint density at radius 3 is 2.60 bits per heavy atom. The highest BCUT2D eigenvalue weighted by atomic mass is 16.5. The molecule has 3 aromatic heterocycles. The van der Waals surface area contributed by atoms with Crippen molar-refractivity contribution in [2.45, 2.75) is 25.3 Å². The summed E-state index contributed by atoms with van der Waals surface area (Å²) in [5, 5.41) is 21.6. The summed E-state index contributed by atoms with van der Waals surface area (Å²) in [5.41, 5.74) is 4.90. The molecule has 216 valence electrons. The van der Waals surface area contributed by atoms with Gasteiger partial charge in [-0.3, -0.25) is 24.2 Å². The number of rotatable bonds is 10.